The fourth-order valence-corrected chi connectivity index (χ4v) is 3.83. The van der Waals surface area contributed by atoms with Crippen LogP contribution in [0.3, 0.4) is 0 Å². The molecule has 2 saturated heterocycles. The number of morpholine rings is 1. The number of halogens is 1. The molecule has 2 fully saturated rings. The van der Waals surface area contributed by atoms with Gasteiger partial charge in [-0.25, -0.2) is 4.39 Å². The van der Waals surface area contributed by atoms with Gasteiger partial charge in [0.2, 0.25) is 11.8 Å². The first-order valence-corrected chi connectivity index (χ1v) is 9.65. The molecule has 1 atom stereocenters. The molecule has 1 aromatic rings. The number of nitrogens with one attached hydrogen (secondary N) is 1. The highest BCUT2D eigenvalue weighted by atomic mass is 19.1. The van der Waals surface area contributed by atoms with Crippen molar-refractivity contribution in [3.8, 4) is 0 Å². The molecule has 7 heteroatoms. The van der Waals surface area contributed by atoms with E-state index < -0.39 is 0 Å². The second-order valence-electron chi connectivity index (χ2n) is 7.24. The van der Waals surface area contributed by atoms with E-state index >= 15 is 0 Å². The smallest absolute Gasteiger partial charge is 0.223 e. The van der Waals surface area contributed by atoms with Crippen LogP contribution in [0.1, 0.15) is 31.4 Å². The van der Waals surface area contributed by atoms with Crippen LogP contribution in [0.2, 0.25) is 0 Å². The van der Waals surface area contributed by atoms with Crippen molar-refractivity contribution in [1.82, 2.24) is 15.1 Å². The Kier molecular flexibility index (Phi) is 6.79. The monoisotopic (exact) mass is 377 g/mol. The number of amides is 2. The van der Waals surface area contributed by atoms with Gasteiger partial charge in [-0.3, -0.25) is 14.5 Å². The van der Waals surface area contributed by atoms with Crippen LogP contribution in [0, 0.1) is 11.7 Å². The van der Waals surface area contributed by atoms with Gasteiger partial charge in [-0.15, -0.1) is 0 Å². The molecular formula is C20H28FN3O3. The van der Waals surface area contributed by atoms with E-state index in [1.54, 1.807) is 24.0 Å². The van der Waals surface area contributed by atoms with Gasteiger partial charge in [-0.1, -0.05) is 12.1 Å². The topological polar surface area (TPSA) is 61.9 Å². The Labute approximate surface area is 159 Å². The fourth-order valence-electron chi connectivity index (χ4n) is 3.83. The summed E-state index contributed by atoms with van der Waals surface area (Å²) < 4.78 is 18.7. The molecule has 0 bridgehead atoms. The molecule has 0 radical (unpaired) electrons. The van der Waals surface area contributed by atoms with Crippen molar-refractivity contribution in [3.63, 3.8) is 0 Å². The lowest BCUT2D eigenvalue weighted by molar-refractivity contribution is -0.134. The van der Waals surface area contributed by atoms with Crippen molar-refractivity contribution in [2.45, 2.75) is 25.8 Å². The number of hydrogen-bond donors (Lipinski definition) is 1. The van der Waals surface area contributed by atoms with Crippen LogP contribution in [0.5, 0.6) is 0 Å². The average Bonchev–Trinajstić information content (AvgIpc) is 2.70. The minimum Gasteiger partial charge on any atom is -0.379 e. The predicted molar refractivity (Wildman–Crippen MR) is 99.5 cm³/mol. The summed E-state index contributed by atoms with van der Waals surface area (Å²) in [7, 11) is 0. The van der Waals surface area contributed by atoms with E-state index in [0.717, 1.165) is 18.7 Å². The Morgan fingerprint density at radius 2 is 1.78 bits per heavy atom. The maximum Gasteiger partial charge on any atom is 0.223 e. The summed E-state index contributed by atoms with van der Waals surface area (Å²) in [6, 6.07) is 6.49. The summed E-state index contributed by atoms with van der Waals surface area (Å²) in [5.74, 6) is -0.212. The molecule has 0 aromatic heterocycles. The van der Waals surface area contributed by atoms with Crippen molar-refractivity contribution in [3.05, 3.63) is 35.6 Å². The number of carbonyl (C=O) groups excluding carboxylic acids is 2. The lowest BCUT2D eigenvalue weighted by Crippen LogP contribution is -2.46. The molecule has 0 aliphatic carbocycles. The van der Waals surface area contributed by atoms with Gasteiger partial charge >= 0.3 is 0 Å². The number of carbonyl (C=O) groups is 2. The van der Waals surface area contributed by atoms with E-state index in [0.29, 0.717) is 45.7 Å². The molecule has 0 spiro atoms. The highest BCUT2D eigenvalue weighted by Crippen LogP contribution is 2.23. The molecule has 2 amide bonds. The lowest BCUT2D eigenvalue weighted by atomic mass is 9.95. The molecule has 1 N–H and O–H groups in total. The molecule has 1 unspecified atom stereocenters. The largest absolute Gasteiger partial charge is 0.379 e. The van der Waals surface area contributed by atoms with Gasteiger partial charge in [0.25, 0.3) is 0 Å². The van der Waals surface area contributed by atoms with Crippen molar-refractivity contribution in [2.24, 2.45) is 5.92 Å². The molecule has 6 nitrogen and oxygen atoms in total. The third kappa shape index (κ3) is 5.26. The third-order valence-electron chi connectivity index (χ3n) is 5.52. The molecule has 148 valence electrons. The van der Waals surface area contributed by atoms with Crippen LogP contribution in [0.4, 0.5) is 4.39 Å². The Balaban J connectivity index is 1.59. The van der Waals surface area contributed by atoms with E-state index in [9.17, 15) is 14.0 Å². The van der Waals surface area contributed by atoms with Crippen molar-refractivity contribution < 1.29 is 18.7 Å². The molecule has 27 heavy (non-hydrogen) atoms. The van der Waals surface area contributed by atoms with Gasteiger partial charge < -0.3 is 15.0 Å². The fraction of sp³-hybridized carbons (Fsp3) is 0.600. The highest BCUT2D eigenvalue weighted by Gasteiger charge is 2.28. The zero-order chi connectivity index (χ0) is 19.2. The Morgan fingerprint density at radius 3 is 2.37 bits per heavy atom. The number of ether oxygens (including phenoxy) is 1. The van der Waals surface area contributed by atoms with Crippen LogP contribution >= 0.6 is 0 Å². The number of benzene rings is 1. The van der Waals surface area contributed by atoms with Crippen molar-refractivity contribution >= 4 is 11.8 Å². The molecule has 1 aromatic carbocycles. The van der Waals surface area contributed by atoms with Crippen LogP contribution in [-0.4, -0.2) is 67.6 Å². The van der Waals surface area contributed by atoms with Crippen molar-refractivity contribution in [1.29, 1.82) is 0 Å². The van der Waals surface area contributed by atoms with Gasteiger partial charge in [0.15, 0.2) is 0 Å². The van der Waals surface area contributed by atoms with Crippen molar-refractivity contribution in [2.75, 3.05) is 45.9 Å². The number of likely N-dealkylation sites (tertiary alicyclic amines) is 1. The molecular weight excluding hydrogens is 349 g/mol. The minimum absolute atomic E-state index is 0.00393. The average molecular weight is 377 g/mol. The summed E-state index contributed by atoms with van der Waals surface area (Å²) in [6.45, 7) is 6.22. The quantitative estimate of drug-likeness (QED) is 0.846. The summed E-state index contributed by atoms with van der Waals surface area (Å²) in [5, 5.41) is 3.09. The predicted octanol–water partition coefficient (Wildman–Crippen LogP) is 1.57. The molecule has 0 saturated carbocycles. The van der Waals surface area contributed by atoms with E-state index in [1.807, 2.05) is 0 Å². The van der Waals surface area contributed by atoms with E-state index in [4.69, 9.17) is 4.74 Å². The second-order valence-corrected chi connectivity index (χ2v) is 7.24. The van der Waals surface area contributed by atoms with Gasteiger partial charge in [0.1, 0.15) is 5.82 Å². The lowest BCUT2D eigenvalue weighted by Gasteiger charge is -2.35. The first kappa shape index (κ1) is 19.8. The Bertz CT molecular complexity index is 638. The van der Waals surface area contributed by atoms with E-state index in [-0.39, 0.29) is 29.6 Å². The molecule has 2 aliphatic heterocycles. The summed E-state index contributed by atoms with van der Waals surface area (Å²) >= 11 is 0. The van der Waals surface area contributed by atoms with Crippen LogP contribution < -0.4 is 5.32 Å². The first-order valence-electron chi connectivity index (χ1n) is 9.65. The number of nitrogens with zero attached hydrogens (tertiary/aromatic N) is 2. The number of piperidine rings is 1. The van der Waals surface area contributed by atoms with Gasteiger partial charge in [0, 0.05) is 45.6 Å². The Morgan fingerprint density at radius 1 is 1.15 bits per heavy atom. The number of hydrogen-bond acceptors (Lipinski definition) is 4. The normalized spacial score (nSPS) is 20.3. The molecule has 3 rings (SSSR count). The summed E-state index contributed by atoms with van der Waals surface area (Å²) in [4.78, 5) is 28.1. The molecule has 2 heterocycles. The Hall–Kier alpha value is -1.99. The minimum atomic E-state index is -0.263. The second kappa shape index (κ2) is 9.28. The zero-order valence-electron chi connectivity index (χ0n) is 15.8. The zero-order valence-corrected chi connectivity index (χ0v) is 15.8. The van der Waals surface area contributed by atoms with E-state index in [2.05, 4.69) is 10.2 Å². The summed E-state index contributed by atoms with van der Waals surface area (Å²) in [6.07, 6.45) is 1.40. The van der Waals surface area contributed by atoms with Gasteiger partial charge in [-0.05, 0) is 30.5 Å². The van der Waals surface area contributed by atoms with Crippen LogP contribution in [0.15, 0.2) is 24.3 Å². The summed E-state index contributed by atoms with van der Waals surface area (Å²) in [5.41, 5.74) is 0.991. The van der Waals surface area contributed by atoms with Crippen LogP contribution in [-0.2, 0) is 14.3 Å². The van der Waals surface area contributed by atoms with E-state index in [1.165, 1.54) is 12.1 Å². The standard InChI is InChI=1S/C20H28FN3O3/c1-15(25)23-8-6-17(7-9-23)20(26)22-14-19(24-10-12-27-13-11-24)16-2-4-18(21)5-3-16/h2-5,17,19H,6-14H2,1H3,(H,22,26). The van der Waals surface area contributed by atoms with Crippen LogP contribution in [0.25, 0.3) is 0 Å². The third-order valence-corrected chi connectivity index (χ3v) is 5.52. The van der Waals surface area contributed by atoms with Gasteiger partial charge in [0.05, 0.1) is 19.3 Å². The first-order chi connectivity index (χ1) is 13.0. The maximum atomic E-state index is 13.3. The number of rotatable bonds is 5. The SMILES string of the molecule is CC(=O)N1CCC(C(=O)NCC(c2ccc(F)cc2)N2CCOCC2)CC1. The van der Waals surface area contributed by atoms with Gasteiger partial charge in [-0.2, -0.15) is 0 Å². The molecule has 2 aliphatic rings. The maximum absolute atomic E-state index is 13.3. The highest BCUT2D eigenvalue weighted by molar-refractivity contribution is 5.79.